The van der Waals surface area contributed by atoms with Crippen LogP contribution in [0.3, 0.4) is 0 Å². The van der Waals surface area contributed by atoms with E-state index in [1.54, 1.807) is 6.07 Å². The topological polar surface area (TPSA) is 148 Å². The number of nitrogens with one attached hydrogen (secondary N) is 2. The number of thiophene rings is 1. The highest BCUT2D eigenvalue weighted by molar-refractivity contribution is 7.20. The van der Waals surface area contributed by atoms with E-state index in [0.717, 1.165) is 41.7 Å². The number of benzene rings is 1. The predicted molar refractivity (Wildman–Crippen MR) is 116 cm³/mol. The Hall–Kier alpha value is -2.91. The molecule has 7 N–H and O–H groups in total. The van der Waals surface area contributed by atoms with Crippen LogP contribution >= 0.6 is 11.3 Å². The van der Waals surface area contributed by atoms with Crippen LogP contribution in [0.15, 0.2) is 30.3 Å². The first-order valence-corrected chi connectivity index (χ1v) is 10.7. The zero-order chi connectivity index (χ0) is 21.7. The summed E-state index contributed by atoms with van der Waals surface area (Å²) < 4.78 is 0. The number of nitrogens with two attached hydrogens (primary N) is 2. The van der Waals surface area contributed by atoms with Crippen LogP contribution in [0.5, 0.6) is 0 Å². The number of rotatable bonds is 8. The molecule has 3 amide bonds. The predicted octanol–water partition coefficient (Wildman–Crippen LogP) is 3.13. The van der Waals surface area contributed by atoms with E-state index >= 15 is 0 Å². The minimum atomic E-state index is -0.815. The van der Waals surface area contributed by atoms with Crippen molar-refractivity contribution in [2.75, 3.05) is 5.32 Å². The molecule has 0 bridgehead atoms. The van der Waals surface area contributed by atoms with E-state index < -0.39 is 23.9 Å². The van der Waals surface area contributed by atoms with Crippen molar-refractivity contribution >= 4 is 34.2 Å². The zero-order valence-electron chi connectivity index (χ0n) is 16.5. The van der Waals surface area contributed by atoms with E-state index in [4.69, 9.17) is 11.5 Å². The number of aliphatic carboxylic acids is 1. The fraction of sp³-hybridized carbons (Fsp3) is 0.381. The fourth-order valence-electron chi connectivity index (χ4n) is 3.91. The summed E-state index contributed by atoms with van der Waals surface area (Å²) in [4.78, 5) is 35.4. The van der Waals surface area contributed by atoms with E-state index in [1.165, 1.54) is 17.8 Å². The fourth-order valence-corrected chi connectivity index (χ4v) is 4.97. The average molecular weight is 431 g/mol. The molecule has 9 heteroatoms. The lowest BCUT2D eigenvalue weighted by atomic mass is 9.84. The first kappa shape index (κ1) is 21.8. The summed E-state index contributed by atoms with van der Waals surface area (Å²) in [6, 6.07) is 7.87. The molecule has 1 fully saturated rings. The number of urea groups is 1. The molecule has 1 saturated carbocycles. The number of hydrogen-bond donors (Lipinski definition) is 5. The third kappa shape index (κ3) is 5.37. The Morgan fingerprint density at radius 3 is 2.50 bits per heavy atom. The maximum Gasteiger partial charge on any atom is 0.320 e. The van der Waals surface area contributed by atoms with Gasteiger partial charge in [-0.15, -0.1) is 11.3 Å². The molecule has 160 valence electrons. The summed E-state index contributed by atoms with van der Waals surface area (Å²) in [6.07, 6.45) is 5.20. The monoisotopic (exact) mass is 430 g/mol. The van der Waals surface area contributed by atoms with E-state index in [2.05, 4.69) is 10.6 Å². The Bertz CT molecular complexity index is 937. The number of anilines is 1. The molecule has 1 aromatic carbocycles. The van der Waals surface area contributed by atoms with Gasteiger partial charge in [-0.3, -0.25) is 14.9 Å². The summed E-state index contributed by atoms with van der Waals surface area (Å²) in [5, 5.41) is 15.6. The van der Waals surface area contributed by atoms with Gasteiger partial charge in [0.1, 0.15) is 11.0 Å². The van der Waals surface area contributed by atoms with Crippen LogP contribution in [0, 0.1) is 5.92 Å². The zero-order valence-corrected chi connectivity index (χ0v) is 17.3. The van der Waals surface area contributed by atoms with Gasteiger partial charge in [-0.1, -0.05) is 37.5 Å². The van der Waals surface area contributed by atoms with Crippen LogP contribution in [0.1, 0.15) is 48.0 Å². The summed E-state index contributed by atoms with van der Waals surface area (Å²) in [7, 11) is 0. The Morgan fingerprint density at radius 1 is 1.13 bits per heavy atom. The number of hydrogen-bond acceptors (Lipinski definition) is 5. The Labute approximate surface area is 178 Å². The van der Waals surface area contributed by atoms with Gasteiger partial charge in [0.2, 0.25) is 0 Å². The number of primary amides is 2. The van der Waals surface area contributed by atoms with Crippen molar-refractivity contribution < 1.29 is 19.5 Å². The van der Waals surface area contributed by atoms with Gasteiger partial charge >= 0.3 is 12.0 Å². The van der Waals surface area contributed by atoms with Crippen LogP contribution in [-0.4, -0.2) is 29.1 Å². The molecule has 1 atom stereocenters. The molecule has 0 saturated heterocycles. The smallest absolute Gasteiger partial charge is 0.320 e. The van der Waals surface area contributed by atoms with Crippen molar-refractivity contribution in [2.24, 2.45) is 17.4 Å². The first-order chi connectivity index (χ1) is 14.3. The van der Waals surface area contributed by atoms with E-state index in [-0.39, 0.29) is 11.5 Å². The summed E-state index contributed by atoms with van der Waals surface area (Å²) >= 11 is 1.20. The number of carbonyl (C=O) groups excluding carboxylic acids is 2. The number of carboxylic acid groups (broad SMARTS) is 1. The average Bonchev–Trinajstić information content (AvgIpc) is 3.12. The summed E-state index contributed by atoms with van der Waals surface area (Å²) in [5.41, 5.74) is 12.5. The normalized spacial score (nSPS) is 15.5. The first-order valence-electron chi connectivity index (χ1n) is 9.90. The highest BCUT2D eigenvalue weighted by Gasteiger charge is 2.28. The molecule has 0 aliphatic heterocycles. The minimum absolute atomic E-state index is 0.150. The molecule has 30 heavy (non-hydrogen) atoms. The van der Waals surface area contributed by atoms with Gasteiger partial charge in [0.15, 0.2) is 0 Å². The SMILES string of the molecule is NC(=O)Nc1sc(-c2cccc(CN[C@H](C(=O)O)C3CCCCC3)c2)cc1C(N)=O. The largest absolute Gasteiger partial charge is 0.480 e. The molecule has 1 heterocycles. The van der Waals surface area contributed by atoms with E-state index in [9.17, 15) is 19.5 Å². The van der Waals surface area contributed by atoms with E-state index in [1.807, 2.05) is 24.3 Å². The van der Waals surface area contributed by atoms with Crippen molar-refractivity contribution in [1.29, 1.82) is 0 Å². The Balaban J connectivity index is 1.76. The van der Waals surface area contributed by atoms with Crippen LogP contribution in [0.2, 0.25) is 0 Å². The molecule has 3 rings (SSSR count). The third-order valence-corrected chi connectivity index (χ3v) is 6.46. The number of carboxylic acids is 1. The summed E-state index contributed by atoms with van der Waals surface area (Å²) in [6.45, 7) is 0.418. The third-order valence-electron chi connectivity index (χ3n) is 5.36. The molecule has 8 nitrogen and oxygen atoms in total. The molecular weight excluding hydrogens is 404 g/mol. The van der Waals surface area contributed by atoms with Crippen molar-refractivity contribution in [3.8, 4) is 10.4 Å². The minimum Gasteiger partial charge on any atom is -0.480 e. The van der Waals surface area contributed by atoms with Gasteiger partial charge in [-0.05, 0) is 42.0 Å². The second kappa shape index (κ2) is 9.73. The highest BCUT2D eigenvalue weighted by atomic mass is 32.1. The molecule has 1 aliphatic rings. The molecule has 0 spiro atoms. The van der Waals surface area contributed by atoms with Gasteiger partial charge < -0.3 is 21.9 Å². The Morgan fingerprint density at radius 2 is 1.87 bits per heavy atom. The molecule has 1 aliphatic carbocycles. The lowest BCUT2D eigenvalue weighted by molar-refractivity contribution is -0.141. The van der Waals surface area contributed by atoms with Gasteiger partial charge in [0, 0.05) is 11.4 Å². The Kier molecular flexibility index (Phi) is 7.07. The number of carbonyl (C=O) groups is 3. The highest BCUT2D eigenvalue weighted by Crippen LogP contribution is 2.35. The lowest BCUT2D eigenvalue weighted by Gasteiger charge is -2.28. The number of amides is 3. The molecule has 0 unspecified atom stereocenters. The van der Waals surface area contributed by atoms with Gasteiger partial charge in [0.05, 0.1) is 5.56 Å². The quantitative estimate of drug-likeness (QED) is 0.436. The molecular formula is C21H26N4O4S. The second-order valence-electron chi connectivity index (χ2n) is 7.50. The maximum absolute atomic E-state index is 11.8. The van der Waals surface area contributed by atoms with Crippen LogP contribution in [0.4, 0.5) is 9.80 Å². The van der Waals surface area contributed by atoms with Crippen LogP contribution in [0.25, 0.3) is 10.4 Å². The molecule has 2 aromatic rings. The van der Waals surface area contributed by atoms with Crippen molar-refractivity contribution in [3.63, 3.8) is 0 Å². The van der Waals surface area contributed by atoms with Crippen LogP contribution in [-0.2, 0) is 11.3 Å². The molecule has 0 radical (unpaired) electrons. The van der Waals surface area contributed by atoms with Crippen molar-refractivity contribution in [2.45, 2.75) is 44.7 Å². The van der Waals surface area contributed by atoms with Gasteiger partial charge in [0.25, 0.3) is 5.91 Å². The van der Waals surface area contributed by atoms with Crippen molar-refractivity contribution in [1.82, 2.24) is 5.32 Å². The van der Waals surface area contributed by atoms with Gasteiger partial charge in [-0.2, -0.15) is 0 Å². The maximum atomic E-state index is 11.8. The van der Waals surface area contributed by atoms with Gasteiger partial charge in [-0.25, -0.2) is 4.79 Å². The molecule has 1 aromatic heterocycles. The second-order valence-corrected chi connectivity index (χ2v) is 8.55. The summed E-state index contributed by atoms with van der Waals surface area (Å²) in [5.74, 6) is -1.32. The van der Waals surface area contributed by atoms with E-state index in [0.29, 0.717) is 11.5 Å². The van der Waals surface area contributed by atoms with Crippen LogP contribution < -0.4 is 22.1 Å². The lowest BCUT2D eigenvalue weighted by Crippen LogP contribution is -2.43. The van der Waals surface area contributed by atoms with Crippen molar-refractivity contribution in [3.05, 3.63) is 41.5 Å². The standard InChI is InChI=1S/C21H26N4O4S/c22-18(26)15-10-16(30-19(15)25-21(23)29)14-8-4-5-12(9-14)11-24-17(20(27)28)13-6-2-1-3-7-13/h4-5,8-10,13,17,24H,1-3,6-7,11H2,(H2,22,26)(H,27,28)(H3,23,25,29)/t17-/m0/s1.